The van der Waals surface area contributed by atoms with Crippen LogP contribution in [0.1, 0.15) is 16.9 Å². The number of ketones is 1. The summed E-state index contributed by atoms with van der Waals surface area (Å²) in [5.41, 5.74) is 0.418. The van der Waals surface area contributed by atoms with E-state index in [1.54, 1.807) is 25.4 Å². The Morgan fingerprint density at radius 3 is 2.87 bits per heavy atom. The molecule has 0 atom stereocenters. The molecule has 0 spiro atoms. The van der Waals surface area contributed by atoms with Gasteiger partial charge in [-0.05, 0) is 26.2 Å². The number of pyridine rings is 1. The van der Waals surface area contributed by atoms with E-state index < -0.39 is 0 Å². The predicted molar refractivity (Wildman–Crippen MR) is 58.3 cm³/mol. The molecule has 0 saturated heterocycles. The minimum atomic E-state index is 0.0150. The lowest BCUT2D eigenvalue weighted by atomic mass is 10.2. The molecule has 0 fully saturated rings. The van der Waals surface area contributed by atoms with Crippen molar-refractivity contribution >= 4 is 5.78 Å². The molecule has 1 aromatic rings. The highest BCUT2D eigenvalue weighted by Crippen LogP contribution is 2.16. The van der Waals surface area contributed by atoms with Gasteiger partial charge in [0.2, 0.25) is 0 Å². The molecule has 0 aliphatic rings. The average Bonchev–Trinajstić information content (AvgIpc) is 2.25. The molecular weight excluding hydrogens is 192 g/mol. The van der Waals surface area contributed by atoms with Gasteiger partial charge >= 0.3 is 0 Å². The molecule has 15 heavy (non-hydrogen) atoms. The first-order valence-electron chi connectivity index (χ1n) is 4.82. The lowest BCUT2D eigenvalue weighted by Crippen LogP contribution is -2.17. The molecule has 0 radical (unpaired) electrons. The van der Waals surface area contributed by atoms with Gasteiger partial charge in [0.25, 0.3) is 0 Å². The van der Waals surface area contributed by atoms with E-state index in [0.717, 1.165) is 6.54 Å². The number of ether oxygens (including phenoxy) is 1. The molecule has 0 aromatic carbocycles. The fourth-order valence-electron chi connectivity index (χ4n) is 1.21. The van der Waals surface area contributed by atoms with E-state index in [9.17, 15) is 4.79 Å². The summed E-state index contributed by atoms with van der Waals surface area (Å²) in [5, 5.41) is 0. The Morgan fingerprint density at radius 2 is 2.27 bits per heavy atom. The molecular formula is C11H16N2O2. The summed E-state index contributed by atoms with van der Waals surface area (Å²) in [6.07, 6.45) is 2.06. The standard InChI is InChI=1S/C11H16N2O2/c1-13(2)8-6-9(14)11-10(15-3)5-4-7-12-11/h4-5,7H,6,8H2,1-3H3. The van der Waals surface area contributed by atoms with Crippen molar-refractivity contribution in [2.45, 2.75) is 6.42 Å². The van der Waals surface area contributed by atoms with Crippen LogP contribution in [0, 0.1) is 0 Å². The number of methoxy groups -OCH3 is 1. The van der Waals surface area contributed by atoms with Crippen LogP contribution in [0.2, 0.25) is 0 Å². The fraction of sp³-hybridized carbons (Fsp3) is 0.455. The van der Waals surface area contributed by atoms with Gasteiger partial charge in [-0.2, -0.15) is 0 Å². The zero-order valence-electron chi connectivity index (χ0n) is 9.36. The van der Waals surface area contributed by atoms with E-state index in [2.05, 4.69) is 4.98 Å². The monoisotopic (exact) mass is 208 g/mol. The Hall–Kier alpha value is -1.42. The van der Waals surface area contributed by atoms with Gasteiger partial charge in [-0.1, -0.05) is 0 Å². The molecule has 0 amide bonds. The van der Waals surface area contributed by atoms with Crippen LogP contribution in [-0.2, 0) is 0 Å². The highest BCUT2D eigenvalue weighted by atomic mass is 16.5. The normalized spacial score (nSPS) is 10.4. The number of carbonyl (C=O) groups is 1. The van der Waals surface area contributed by atoms with Crippen LogP contribution in [0.5, 0.6) is 5.75 Å². The second-order valence-electron chi connectivity index (χ2n) is 3.53. The molecule has 4 heteroatoms. The van der Waals surface area contributed by atoms with Crippen LogP contribution >= 0.6 is 0 Å². The second kappa shape index (κ2) is 5.46. The van der Waals surface area contributed by atoms with Crippen molar-refractivity contribution in [1.82, 2.24) is 9.88 Å². The van der Waals surface area contributed by atoms with Gasteiger partial charge in [-0.25, -0.2) is 4.98 Å². The van der Waals surface area contributed by atoms with Gasteiger partial charge in [0, 0.05) is 19.2 Å². The molecule has 1 aromatic heterocycles. The molecule has 0 aliphatic heterocycles. The SMILES string of the molecule is COc1cccnc1C(=O)CCN(C)C. The maximum absolute atomic E-state index is 11.8. The van der Waals surface area contributed by atoms with E-state index in [4.69, 9.17) is 4.74 Å². The van der Waals surface area contributed by atoms with E-state index in [-0.39, 0.29) is 5.78 Å². The van der Waals surface area contributed by atoms with Gasteiger partial charge < -0.3 is 9.64 Å². The fourth-order valence-corrected chi connectivity index (χ4v) is 1.21. The number of carbonyl (C=O) groups excluding carboxylic acids is 1. The Kier molecular flexibility index (Phi) is 4.24. The van der Waals surface area contributed by atoms with E-state index in [1.165, 1.54) is 0 Å². The third kappa shape index (κ3) is 3.32. The van der Waals surface area contributed by atoms with Gasteiger partial charge in [0.15, 0.2) is 5.78 Å². The van der Waals surface area contributed by atoms with Gasteiger partial charge in [-0.15, -0.1) is 0 Å². The number of hydrogen-bond donors (Lipinski definition) is 0. The minimum Gasteiger partial charge on any atom is -0.494 e. The number of aromatic nitrogens is 1. The van der Waals surface area contributed by atoms with Crippen LogP contribution in [-0.4, -0.2) is 43.4 Å². The quantitative estimate of drug-likeness (QED) is 0.682. The van der Waals surface area contributed by atoms with Crippen LogP contribution in [0.3, 0.4) is 0 Å². The first-order chi connectivity index (χ1) is 7.15. The summed E-state index contributed by atoms with van der Waals surface area (Å²) < 4.78 is 5.08. The zero-order valence-corrected chi connectivity index (χ0v) is 9.36. The first-order valence-corrected chi connectivity index (χ1v) is 4.82. The van der Waals surface area contributed by atoms with Crippen molar-refractivity contribution in [3.63, 3.8) is 0 Å². The van der Waals surface area contributed by atoms with Gasteiger partial charge in [-0.3, -0.25) is 4.79 Å². The molecule has 0 N–H and O–H groups in total. The molecule has 0 bridgehead atoms. The Labute approximate surface area is 89.9 Å². The van der Waals surface area contributed by atoms with Gasteiger partial charge in [0.1, 0.15) is 11.4 Å². The van der Waals surface area contributed by atoms with E-state index >= 15 is 0 Å². The van der Waals surface area contributed by atoms with Crippen LogP contribution < -0.4 is 4.74 Å². The summed E-state index contributed by atoms with van der Waals surface area (Å²) >= 11 is 0. The first kappa shape index (κ1) is 11.7. The van der Waals surface area contributed by atoms with Crippen LogP contribution in [0.25, 0.3) is 0 Å². The van der Waals surface area contributed by atoms with E-state index in [1.807, 2.05) is 19.0 Å². The van der Waals surface area contributed by atoms with Crippen molar-refractivity contribution in [3.8, 4) is 5.75 Å². The van der Waals surface area contributed by atoms with Crippen molar-refractivity contribution in [1.29, 1.82) is 0 Å². The maximum Gasteiger partial charge on any atom is 0.186 e. The Bertz CT molecular complexity index is 337. The lowest BCUT2D eigenvalue weighted by molar-refractivity contribution is 0.0964. The van der Waals surface area contributed by atoms with Crippen molar-refractivity contribution in [3.05, 3.63) is 24.0 Å². The smallest absolute Gasteiger partial charge is 0.186 e. The van der Waals surface area contributed by atoms with Gasteiger partial charge in [0.05, 0.1) is 7.11 Å². The summed E-state index contributed by atoms with van der Waals surface area (Å²) in [6.45, 7) is 0.721. The molecule has 0 unspecified atom stereocenters. The third-order valence-electron chi connectivity index (χ3n) is 2.04. The molecule has 82 valence electrons. The summed E-state index contributed by atoms with van der Waals surface area (Å²) in [4.78, 5) is 17.8. The summed E-state index contributed by atoms with van der Waals surface area (Å²) in [7, 11) is 5.41. The van der Waals surface area contributed by atoms with Crippen LogP contribution in [0.4, 0.5) is 0 Å². The number of hydrogen-bond acceptors (Lipinski definition) is 4. The number of nitrogens with zero attached hydrogens (tertiary/aromatic N) is 2. The molecule has 4 nitrogen and oxygen atoms in total. The largest absolute Gasteiger partial charge is 0.494 e. The predicted octanol–water partition coefficient (Wildman–Crippen LogP) is 1.22. The molecule has 1 heterocycles. The summed E-state index contributed by atoms with van der Waals surface area (Å²) in [6, 6.07) is 3.50. The minimum absolute atomic E-state index is 0.0150. The number of Topliss-reactive ketones (excluding diaryl/α,β-unsaturated/α-hetero) is 1. The Balaban J connectivity index is 2.72. The lowest BCUT2D eigenvalue weighted by Gasteiger charge is -2.09. The molecule has 1 rings (SSSR count). The second-order valence-corrected chi connectivity index (χ2v) is 3.53. The van der Waals surface area contributed by atoms with E-state index in [0.29, 0.717) is 17.9 Å². The highest BCUT2D eigenvalue weighted by molar-refractivity contribution is 5.96. The topological polar surface area (TPSA) is 42.4 Å². The van der Waals surface area contributed by atoms with Crippen molar-refractivity contribution in [2.24, 2.45) is 0 Å². The third-order valence-corrected chi connectivity index (χ3v) is 2.04. The van der Waals surface area contributed by atoms with Crippen LogP contribution in [0.15, 0.2) is 18.3 Å². The number of rotatable bonds is 5. The molecule has 0 aliphatic carbocycles. The average molecular weight is 208 g/mol. The highest BCUT2D eigenvalue weighted by Gasteiger charge is 2.12. The maximum atomic E-state index is 11.8. The van der Waals surface area contributed by atoms with Crippen molar-refractivity contribution < 1.29 is 9.53 Å². The molecule has 0 saturated carbocycles. The Morgan fingerprint density at radius 1 is 1.53 bits per heavy atom. The summed E-state index contributed by atoms with van der Waals surface area (Å²) in [5.74, 6) is 0.558. The van der Waals surface area contributed by atoms with Crippen molar-refractivity contribution in [2.75, 3.05) is 27.7 Å². The zero-order chi connectivity index (χ0) is 11.3.